The molecule has 1 saturated carbocycles. The summed E-state index contributed by atoms with van der Waals surface area (Å²) in [6.45, 7) is 0.962. The van der Waals surface area contributed by atoms with Crippen molar-refractivity contribution in [3.8, 4) is 0 Å². The van der Waals surface area contributed by atoms with E-state index in [1.165, 1.54) is 32.1 Å². The highest BCUT2D eigenvalue weighted by Crippen LogP contribution is 2.52. The molecular formula is C9H15ClO. The summed E-state index contributed by atoms with van der Waals surface area (Å²) in [7, 11) is 0. The van der Waals surface area contributed by atoms with Crippen LogP contribution < -0.4 is 0 Å². The van der Waals surface area contributed by atoms with Crippen molar-refractivity contribution in [3.05, 3.63) is 0 Å². The van der Waals surface area contributed by atoms with Crippen molar-refractivity contribution < 1.29 is 4.74 Å². The van der Waals surface area contributed by atoms with E-state index in [-0.39, 0.29) is 0 Å². The van der Waals surface area contributed by atoms with Crippen LogP contribution in [-0.2, 0) is 4.74 Å². The molecule has 1 unspecified atom stereocenters. The number of halogens is 1. The third kappa shape index (κ3) is 1.41. The molecule has 1 aliphatic heterocycles. The highest BCUT2D eigenvalue weighted by molar-refractivity contribution is 6.18. The molecule has 2 rings (SSSR count). The lowest BCUT2D eigenvalue weighted by molar-refractivity contribution is -0.0239. The van der Waals surface area contributed by atoms with Crippen molar-refractivity contribution in [2.75, 3.05) is 12.5 Å². The van der Waals surface area contributed by atoms with Gasteiger partial charge in [-0.3, -0.25) is 0 Å². The van der Waals surface area contributed by atoms with Crippen LogP contribution in [0.5, 0.6) is 0 Å². The van der Waals surface area contributed by atoms with Crippen LogP contribution in [0.4, 0.5) is 0 Å². The fourth-order valence-electron chi connectivity index (χ4n) is 1.93. The van der Waals surface area contributed by atoms with E-state index in [4.69, 9.17) is 16.3 Å². The molecule has 0 aromatic heterocycles. The quantitative estimate of drug-likeness (QED) is 0.585. The van der Waals surface area contributed by atoms with E-state index in [1.807, 2.05) is 0 Å². The minimum atomic E-state index is 0.405. The van der Waals surface area contributed by atoms with E-state index in [1.54, 1.807) is 0 Å². The standard InChI is InChI=1S/C9H15ClO/c10-7-9(4-5-9)8-3-1-2-6-11-8/h8H,1-7H2. The first-order valence-corrected chi connectivity index (χ1v) is 5.08. The summed E-state index contributed by atoms with van der Waals surface area (Å²) < 4.78 is 5.71. The smallest absolute Gasteiger partial charge is 0.0642 e. The van der Waals surface area contributed by atoms with Gasteiger partial charge in [0.1, 0.15) is 0 Å². The first kappa shape index (κ1) is 7.88. The van der Waals surface area contributed by atoms with Crippen LogP contribution in [0.3, 0.4) is 0 Å². The van der Waals surface area contributed by atoms with Gasteiger partial charge in [-0.05, 0) is 32.1 Å². The Morgan fingerprint density at radius 3 is 2.64 bits per heavy atom. The van der Waals surface area contributed by atoms with Gasteiger partial charge in [-0.15, -0.1) is 11.6 Å². The van der Waals surface area contributed by atoms with E-state index in [0.717, 1.165) is 12.5 Å². The van der Waals surface area contributed by atoms with Crippen LogP contribution in [0.15, 0.2) is 0 Å². The Morgan fingerprint density at radius 1 is 1.36 bits per heavy atom. The minimum Gasteiger partial charge on any atom is -0.378 e. The molecule has 2 heteroatoms. The first-order chi connectivity index (χ1) is 5.37. The lowest BCUT2D eigenvalue weighted by Crippen LogP contribution is -2.30. The van der Waals surface area contributed by atoms with Gasteiger partial charge in [0.2, 0.25) is 0 Å². The van der Waals surface area contributed by atoms with Crippen molar-refractivity contribution in [1.29, 1.82) is 0 Å². The second-order valence-electron chi connectivity index (χ2n) is 3.85. The highest BCUT2D eigenvalue weighted by Gasteiger charge is 2.49. The normalized spacial score (nSPS) is 35.2. The fraction of sp³-hybridized carbons (Fsp3) is 1.00. The molecule has 0 radical (unpaired) electrons. The summed E-state index contributed by atoms with van der Waals surface area (Å²) in [6.07, 6.45) is 6.90. The van der Waals surface area contributed by atoms with Crippen LogP contribution in [0, 0.1) is 5.41 Å². The van der Waals surface area contributed by atoms with Crippen molar-refractivity contribution in [3.63, 3.8) is 0 Å². The van der Waals surface area contributed by atoms with Crippen LogP contribution >= 0.6 is 11.6 Å². The highest BCUT2D eigenvalue weighted by atomic mass is 35.5. The summed E-state index contributed by atoms with van der Waals surface area (Å²) in [5, 5.41) is 0. The van der Waals surface area contributed by atoms with Gasteiger partial charge >= 0.3 is 0 Å². The maximum Gasteiger partial charge on any atom is 0.0642 e. The summed E-state index contributed by atoms with van der Waals surface area (Å²) in [4.78, 5) is 0. The molecule has 1 atom stereocenters. The van der Waals surface area contributed by atoms with E-state index in [2.05, 4.69) is 0 Å². The first-order valence-electron chi connectivity index (χ1n) is 4.55. The van der Waals surface area contributed by atoms with Crippen molar-refractivity contribution in [2.24, 2.45) is 5.41 Å². The molecule has 0 spiro atoms. The molecule has 11 heavy (non-hydrogen) atoms. The van der Waals surface area contributed by atoms with Gasteiger partial charge in [0.15, 0.2) is 0 Å². The van der Waals surface area contributed by atoms with Crippen LogP contribution in [0.1, 0.15) is 32.1 Å². The Hall–Kier alpha value is 0.250. The second-order valence-corrected chi connectivity index (χ2v) is 4.12. The molecular weight excluding hydrogens is 160 g/mol. The minimum absolute atomic E-state index is 0.405. The SMILES string of the molecule is ClCC1(C2CCCCO2)CC1. The van der Waals surface area contributed by atoms with Crippen LogP contribution in [0.2, 0.25) is 0 Å². The van der Waals surface area contributed by atoms with Gasteiger partial charge in [-0.25, -0.2) is 0 Å². The average molecular weight is 175 g/mol. The molecule has 0 aromatic carbocycles. The molecule has 64 valence electrons. The monoisotopic (exact) mass is 174 g/mol. The number of rotatable bonds is 2. The zero-order chi connectivity index (χ0) is 7.73. The van der Waals surface area contributed by atoms with Crippen molar-refractivity contribution in [2.45, 2.75) is 38.2 Å². The van der Waals surface area contributed by atoms with Gasteiger partial charge in [0, 0.05) is 17.9 Å². The summed E-state index contributed by atoms with van der Waals surface area (Å²) >= 11 is 5.91. The van der Waals surface area contributed by atoms with Crippen LogP contribution in [-0.4, -0.2) is 18.6 Å². The fourth-order valence-corrected chi connectivity index (χ4v) is 2.37. The van der Waals surface area contributed by atoms with Crippen molar-refractivity contribution >= 4 is 11.6 Å². The molecule has 0 aromatic rings. The summed E-state index contributed by atoms with van der Waals surface area (Å²) in [5.74, 6) is 0.803. The van der Waals surface area contributed by atoms with E-state index in [9.17, 15) is 0 Å². The molecule has 2 aliphatic rings. The van der Waals surface area contributed by atoms with E-state index in [0.29, 0.717) is 11.5 Å². The Bertz CT molecular complexity index is 136. The van der Waals surface area contributed by atoms with Gasteiger partial charge in [-0.1, -0.05) is 0 Å². The van der Waals surface area contributed by atoms with Gasteiger partial charge < -0.3 is 4.74 Å². The maximum absolute atomic E-state index is 5.91. The third-order valence-electron chi connectivity index (χ3n) is 3.02. The molecule has 2 fully saturated rings. The van der Waals surface area contributed by atoms with Gasteiger partial charge in [0.25, 0.3) is 0 Å². The zero-order valence-corrected chi connectivity index (χ0v) is 7.57. The van der Waals surface area contributed by atoms with Crippen molar-refractivity contribution in [1.82, 2.24) is 0 Å². The molecule has 1 saturated heterocycles. The Labute approximate surface area is 73.1 Å². The number of hydrogen-bond donors (Lipinski definition) is 0. The Kier molecular flexibility index (Phi) is 2.11. The lowest BCUT2D eigenvalue weighted by atomic mass is 9.95. The zero-order valence-electron chi connectivity index (χ0n) is 6.81. The lowest BCUT2D eigenvalue weighted by Gasteiger charge is -2.29. The number of hydrogen-bond acceptors (Lipinski definition) is 1. The Balaban J connectivity index is 1.92. The number of ether oxygens (including phenoxy) is 1. The van der Waals surface area contributed by atoms with Crippen LogP contribution in [0.25, 0.3) is 0 Å². The van der Waals surface area contributed by atoms with Gasteiger partial charge in [0.05, 0.1) is 6.10 Å². The third-order valence-corrected chi connectivity index (χ3v) is 3.55. The molecule has 1 nitrogen and oxygen atoms in total. The predicted octanol–water partition coefficient (Wildman–Crippen LogP) is 2.57. The van der Waals surface area contributed by atoms with Gasteiger partial charge in [-0.2, -0.15) is 0 Å². The summed E-state index contributed by atoms with van der Waals surface area (Å²) in [6, 6.07) is 0. The topological polar surface area (TPSA) is 9.23 Å². The summed E-state index contributed by atoms with van der Waals surface area (Å²) in [5.41, 5.74) is 0.405. The number of alkyl halides is 1. The molecule has 1 heterocycles. The van der Waals surface area contributed by atoms with E-state index >= 15 is 0 Å². The molecule has 0 N–H and O–H groups in total. The average Bonchev–Trinajstić information content (AvgIpc) is 2.86. The molecule has 0 bridgehead atoms. The molecule has 0 amide bonds. The maximum atomic E-state index is 5.91. The Morgan fingerprint density at radius 2 is 2.18 bits per heavy atom. The largest absolute Gasteiger partial charge is 0.378 e. The molecule has 1 aliphatic carbocycles. The second kappa shape index (κ2) is 2.95. The predicted molar refractivity (Wildman–Crippen MR) is 46.0 cm³/mol. The van der Waals surface area contributed by atoms with E-state index < -0.39 is 0 Å².